The van der Waals surface area contributed by atoms with Crippen molar-refractivity contribution >= 4 is 40.8 Å². The summed E-state index contributed by atoms with van der Waals surface area (Å²) >= 11 is 1.37. The van der Waals surface area contributed by atoms with Gasteiger partial charge in [-0.05, 0) is 25.5 Å². The lowest BCUT2D eigenvalue weighted by Gasteiger charge is -2.21. The Hall–Kier alpha value is -1.90. The molecule has 1 atom stereocenters. The molecule has 0 aliphatic carbocycles. The largest absolute Gasteiger partial charge is 0.464 e. The highest BCUT2D eigenvalue weighted by Gasteiger charge is 2.22. The first-order valence-corrected chi connectivity index (χ1v) is 8.29. The summed E-state index contributed by atoms with van der Waals surface area (Å²) in [5.74, 6) is -0.429. The summed E-state index contributed by atoms with van der Waals surface area (Å²) in [5.41, 5.74) is 1.86. The number of methoxy groups -OCH3 is 1. The number of carbonyl (C=O) groups is 2. The quantitative estimate of drug-likeness (QED) is 0.717. The fourth-order valence-corrected chi connectivity index (χ4v) is 3.24. The third-order valence-electron chi connectivity index (χ3n) is 3.79. The number of rotatable bonds is 4. The maximum atomic E-state index is 12.2. The van der Waals surface area contributed by atoms with Gasteiger partial charge in [0, 0.05) is 23.7 Å². The summed E-state index contributed by atoms with van der Waals surface area (Å²) in [5, 5.41) is 8.51. The van der Waals surface area contributed by atoms with Crippen LogP contribution in [-0.2, 0) is 9.53 Å². The van der Waals surface area contributed by atoms with E-state index in [4.69, 9.17) is 0 Å². The van der Waals surface area contributed by atoms with Crippen molar-refractivity contribution in [3.8, 4) is 11.3 Å². The molecular formula is C15H19ClN4O3S. The summed E-state index contributed by atoms with van der Waals surface area (Å²) in [7, 11) is 1.33. The predicted octanol–water partition coefficient (Wildman–Crippen LogP) is 2.28. The van der Waals surface area contributed by atoms with Gasteiger partial charge in [0.15, 0.2) is 5.13 Å². The van der Waals surface area contributed by atoms with Gasteiger partial charge >= 0.3 is 5.97 Å². The second-order valence-corrected chi connectivity index (χ2v) is 6.22. The number of esters is 1. The van der Waals surface area contributed by atoms with Crippen LogP contribution in [0.4, 0.5) is 5.13 Å². The van der Waals surface area contributed by atoms with Gasteiger partial charge in [-0.2, -0.15) is 0 Å². The molecule has 7 nitrogen and oxygen atoms in total. The van der Waals surface area contributed by atoms with Crippen LogP contribution in [0.5, 0.6) is 0 Å². The zero-order chi connectivity index (χ0) is 16.2. The van der Waals surface area contributed by atoms with E-state index >= 15 is 0 Å². The monoisotopic (exact) mass is 370 g/mol. The van der Waals surface area contributed by atoms with Gasteiger partial charge in [-0.15, -0.1) is 23.7 Å². The molecule has 0 radical (unpaired) electrons. The van der Waals surface area contributed by atoms with E-state index in [9.17, 15) is 9.59 Å². The summed E-state index contributed by atoms with van der Waals surface area (Å²) in [6.07, 6.45) is 3.61. The highest BCUT2D eigenvalue weighted by atomic mass is 35.5. The van der Waals surface area contributed by atoms with Crippen LogP contribution in [-0.4, -0.2) is 42.0 Å². The zero-order valence-corrected chi connectivity index (χ0v) is 14.8. The molecule has 2 aromatic heterocycles. The molecule has 9 heteroatoms. The van der Waals surface area contributed by atoms with Crippen LogP contribution in [0.1, 0.15) is 23.3 Å². The van der Waals surface area contributed by atoms with Gasteiger partial charge < -0.3 is 20.4 Å². The molecule has 0 saturated carbocycles. The van der Waals surface area contributed by atoms with Crippen molar-refractivity contribution < 1.29 is 14.3 Å². The van der Waals surface area contributed by atoms with E-state index < -0.39 is 5.97 Å². The Morgan fingerprint density at radius 2 is 2.29 bits per heavy atom. The zero-order valence-electron chi connectivity index (χ0n) is 13.1. The summed E-state index contributed by atoms with van der Waals surface area (Å²) in [4.78, 5) is 30.9. The van der Waals surface area contributed by atoms with E-state index in [1.165, 1.54) is 18.4 Å². The average molecular weight is 371 g/mol. The molecule has 0 spiro atoms. The number of carbonyl (C=O) groups excluding carboxylic acids is 2. The Morgan fingerprint density at radius 1 is 1.46 bits per heavy atom. The van der Waals surface area contributed by atoms with Gasteiger partial charge in [-0.3, -0.25) is 4.79 Å². The van der Waals surface area contributed by atoms with Gasteiger partial charge in [0.05, 0.1) is 18.7 Å². The Labute approximate surface area is 149 Å². The molecule has 24 heavy (non-hydrogen) atoms. The maximum absolute atomic E-state index is 12.2. The highest BCUT2D eigenvalue weighted by molar-refractivity contribution is 7.14. The summed E-state index contributed by atoms with van der Waals surface area (Å²) in [6, 6.07) is 1.68. The number of anilines is 1. The number of halogens is 1. The van der Waals surface area contributed by atoms with Crippen molar-refractivity contribution in [2.45, 2.75) is 12.8 Å². The van der Waals surface area contributed by atoms with Crippen molar-refractivity contribution in [1.82, 2.24) is 15.3 Å². The van der Waals surface area contributed by atoms with E-state index in [2.05, 4.69) is 25.3 Å². The van der Waals surface area contributed by atoms with Gasteiger partial charge in [-0.1, -0.05) is 0 Å². The minimum Gasteiger partial charge on any atom is -0.464 e. The molecule has 2 aromatic rings. The second-order valence-electron chi connectivity index (χ2n) is 5.36. The highest BCUT2D eigenvalue weighted by Crippen LogP contribution is 2.26. The van der Waals surface area contributed by atoms with E-state index in [0.29, 0.717) is 23.1 Å². The lowest BCUT2D eigenvalue weighted by atomic mass is 9.99. The van der Waals surface area contributed by atoms with Crippen molar-refractivity contribution in [2.75, 3.05) is 25.5 Å². The normalized spacial score (nSPS) is 17.0. The van der Waals surface area contributed by atoms with Crippen LogP contribution in [0.3, 0.4) is 0 Å². The minimum atomic E-state index is -0.426. The smallest absolute Gasteiger partial charge is 0.354 e. The van der Waals surface area contributed by atoms with E-state index in [-0.39, 0.29) is 24.2 Å². The lowest BCUT2D eigenvalue weighted by Crippen LogP contribution is -2.37. The second kappa shape index (κ2) is 8.27. The number of aromatic nitrogens is 2. The molecular weight excluding hydrogens is 352 g/mol. The Balaban J connectivity index is 0.00000208. The van der Waals surface area contributed by atoms with Gasteiger partial charge in [0.1, 0.15) is 5.69 Å². The van der Waals surface area contributed by atoms with Gasteiger partial charge in [0.2, 0.25) is 5.91 Å². The number of aromatic amines is 1. The van der Waals surface area contributed by atoms with Crippen molar-refractivity contribution in [1.29, 1.82) is 0 Å². The first-order chi connectivity index (χ1) is 11.2. The van der Waals surface area contributed by atoms with Crippen LogP contribution in [0.25, 0.3) is 11.3 Å². The first kappa shape index (κ1) is 18.4. The molecule has 1 amide bonds. The number of hydrogen-bond donors (Lipinski definition) is 3. The number of nitrogens with one attached hydrogen (secondary N) is 3. The average Bonchev–Trinajstić information content (AvgIpc) is 3.24. The van der Waals surface area contributed by atoms with Crippen molar-refractivity contribution in [3.05, 3.63) is 23.3 Å². The van der Waals surface area contributed by atoms with Crippen LogP contribution in [0, 0.1) is 5.92 Å². The molecule has 130 valence electrons. The van der Waals surface area contributed by atoms with Crippen LogP contribution < -0.4 is 10.6 Å². The molecule has 1 saturated heterocycles. The fraction of sp³-hybridized carbons (Fsp3) is 0.400. The van der Waals surface area contributed by atoms with Crippen molar-refractivity contribution in [2.24, 2.45) is 5.92 Å². The van der Waals surface area contributed by atoms with Gasteiger partial charge in [0.25, 0.3) is 0 Å². The van der Waals surface area contributed by atoms with Crippen LogP contribution >= 0.6 is 23.7 Å². The Morgan fingerprint density at radius 3 is 3.00 bits per heavy atom. The molecule has 1 aliphatic heterocycles. The standard InChI is InChI=1S/C15H18N4O3S.ClH/c1-22-14(21)11-5-10(7-17-11)12-8-23-15(18-12)19-13(20)9-3-2-4-16-6-9;/h5,7-9,16-17H,2-4,6H2,1H3,(H,18,19,20);1H. The third kappa shape index (κ3) is 4.14. The van der Waals surface area contributed by atoms with Crippen LogP contribution in [0.15, 0.2) is 17.6 Å². The topological polar surface area (TPSA) is 96.1 Å². The molecule has 1 aliphatic rings. The number of piperidine rings is 1. The number of thiazole rings is 1. The number of hydrogen-bond acceptors (Lipinski definition) is 6. The maximum Gasteiger partial charge on any atom is 0.354 e. The number of amides is 1. The van der Waals surface area contributed by atoms with Gasteiger partial charge in [-0.25, -0.2) is 9.78 Å². The SMILES string of the molecule is COC(=O)c1cc(-c2csc(NC(=O)C3CCCNC3)n2)c[nH]1.Cl. The molecule has 1 unspecified atom stereocenters. The number of nitrogens with zero attached hydrogens (tertiary/aromatic N) is 1. The lowest BCUT2D eigenvalue weighted by molar-refractivity contribution is -0.120. The number of ether oxygens (including phenoxy) is 1. The molecule has 3 N–H and O–H groups in total. The van der Waals surface area contributed by atoms with Crippen LogP contribution in [0.2, 0.25) is 0 Å². The number of H-pyrrole nitrogens is 1. The summed E-state index contributed by atoms with van der Waals surface area (Å²) in [6.45, 7) is 1.69. The van der Waals surface area contributed by atoms with Crippen molar-refractivity contribution in [3.63, 3.8) is 0 Å². The summed E-state index contributed by atoms with van der Waals surface area (Å²) < 4.78 is 4.66. The molecule has 0 bridgehead atoms. The van der Waals surface area contributed by atoms with E-state index in [0.717, 1.165) is 24.9 Å². The molecule has 1 fully saturated rings. The molecule has 3 rings (SSSR count). The predicted molar refractivity (Wildman–Crippen MR) is 94.7 cm³/mol. The Kier molecular flexibility index (Phi) is 6.36. The van der Waals surface area contributed by atoms with E-state index in [1.54, 1.807) is 12.3 Å². The fourth-order valence-electron chi connectivity index (χ4n) is 2.52. The first-order valence-electron chi connectivity index (χ1n) is 7.41. The Bertz CT molecular complexity index is 709. The van der Waals surface area contributed by atoms with E-state index in [1.807, 2.05) is 5.38 Å². The molecule has 0 aromatic carbocycles. The minimum absolute atomic E-state index is 0. The molecule has 3 heterocycles. The third-order valence-corrected chi connectivity index (χ3v) is 4.54.